The van der Waals surface area contributed by atoms with Gasteiger partial charge < -0.3 is 5.32 Å². The summed E-state index contributed by atoms with van der Waals surface area (Å²) in [5.41, 5.74) is 6.72. The predicted molar refractivity (Wildman–Crippen MR) is 101 cm³/mol. The number of rotatable bonds is 4. The molecule has 0 aliphatic carbocycles. The van der Waals surface area contributed by atoms with Crippen molar-refractivity contribution < 1.29 is 0 Å². The van der Waals surface area contributed by atoms with E-state index in [1.54, 1.807) is 0 Å². The van der Waals surface area contributed by atoms with E-state index in [2.05, 4.69) is 82.4 Å². The molecule has 0 saturated heterocycles. The molecule has 0 atom stereocenters. The summed E-state index contributed by atoms with van der Waals surface area (Å²) in [7, 11) is 2.02. The number of aryl methyl sites for hydroxylation is 1. The molecular formula is C21H31N. The van der Waals surface area contributed by atoms with Crippen LogP contribution in [-0.2, 0) is 6.42 Å². The fraction of sp³-hybridized carbons (Fsp3) is 0.429. The number of benzene rings is 2. The van der Waals surface area contributed by atoms with Gasteiger partial charge in [-0.25, -0.2) is 0 Å². The van der Waals surface area contributed by atoms with E-state index in [4.69, 9.17) is 0 Å². The maximum Gasteiger partial charge on any atom is 0.0405 e. The second-order valence-corrected chi connectivity index (χ2v) is 5.93. The van der Waals surface area contributed by atoms with Crippen LogP contribution in [0.4, 0.5) is 5.69 Å². The fourth-order valence-electron chi connectivity index (χ4n) is 2.56. The van der Waals surface area contributed by atoms with Gasteiger partial charge in [0, 0.05) is 12.7 Å². The van der Waals surface area contributed by atoms with Crippen molar-refractivity contribution in [3.8, 4) is 11.1 Å². The van der Waals surface area contributed by atoms with E-state index in [0.717, 1.165) is 6.42 Å². The molecule has 1 heteroatoms. The highest BCUT2D eigenvalue weighted by Gasteiger charge is 2.12. The molecule has 0 heterocycles. The van der Waals surface area contributed by atoms with Crippen molar-refractivity contribution in [2.45, 2.75) is 53.4 Å². The second kappa shape index (κ2) is 9.30. The Morgan fingerprint density at radius 3 is 1.95 bits per heavy atom. The molecule has 2 aromatic carbocycles. The molecule has 0 aliphatic rings. The summed E-state index contributed by atoms with van der Waals surface area (Å²) in [5, 5.41) is 3.38. The first-order valence-corrected chi connectivity index (χ1v) is 8.48. The SMILES string of the molecule is CCC.CCc1cc(-c2ccccc2)cc(C(C)C)c1NC. The van der Waals surface area contributed by atoms with Gasteiger partial charge in [-0.05, 0) is 46.7 Å². The first-order chi connectivity index (χ1) is 10.6. The maximum atomic E-state index is 3.38. The van der Waals surface area contributed by atoms with Crippen molar-refractivity contribution >= 4 is 5.69 Å². The molecule has 0 aromatic heterocycles. The highest BCUT2D eigenvalue weighted by Crippen LogP contribution is 2.33. The van der Waals surface area contributed by atoms with E-state index in [-0.39, 0.29) is 0 Å². The molecule has 1 nitrogen and oxygen atoms in total. The Morgan fingerprint density at radius 2 is 1.50 bits per heavy atom. The average Bonchev–Trinajstić information content (AvgIpc) is 2.55. The van der Waals surface area contributed by atoms with E-state index in [1.165, 1.54) is 34.4 Å². The monoisotopic (exact) mass is 297 g/mol. The minimum absolute atomic E-state index is 0.524. The molecule has 0 amide bonds. The lowest BCUT2D eigenvalue weighted by atomic mass is 9.91. The highest BCUT2D eigenvalue weighted by molar-refractivity contribution is 5.72. The van der Waals surface area contributed by atoms with Gasteiger partial charge >= 0.3 is 0 Å². The van der Waals surface area contributed by atoms with Gasteiger partial charge in [-0.2, -0.15) is 0 Å². The van der Waals surface area contributed by atoms with Crippen molar-refractivity contribution in [2.75, 3.05) is 12.4 Å². The molecule has 120 valence electrons. The van der Waals surface area contributed by atoms with Gasteiger partial charge in [0.15, 0.2) is 0 Å². The zero-order valence-electron chi connectivity index (χ0n) is 15.0. The van der Waals surface area contributed by atoms with Gasteiger partial charge in [0.05, 0.1) is 0 Å². The predicted octanol–water partition coefficient (Wildman–Crippen LogP) is 6.50. The molecule has 0 bridgehead atoms. The summed E-state index contributed by atoms with van der Waals surface area (Å²) < 4.78 is 0. The fourth-order valence-corrected chi connectivity index (χ4v) is 2.56. The van der Waals surface area contributed by atoms with Crippen molar-refractivity contribution in [1.82, 2.24) is 0 Å². The number of hydrogen-bond donors (Lipinski definition) is 1. The van der Waals surface area contributed by atoms with Crippen molar-refractivity contribution in [3.05, 3.63) is 53.6 Å². The summed E-state index contributed by atoms with van der Waals surface area (Å²) in [4.78, 5) is 0. The van der Waals surface area contributed by atoms with Crippen LogP contribution in [0.3, 0.4) is 0 Å². The smallest absolute Gasteiger partial charge is 0.0405 e. The van der Waals surface area contributed by atoms with Crippen LogP contribution in [0, 0.1) is 0 Å². The van der Waals surface area contributed by atoms with Gasteiger partial charge in [0.1, 0.15) is 0 Å². The standard InChI is InChI=1S/C18H23N.C3H8/c1-5-14-11-16(15-9-7-6-8-10-15)12-17(13(2)3)18(14)19-4;1-3-2/h6-13,19H,5H2,1-4H3;3H2,1-2H3. The molecule has 0 saturated carbocycles. The molecule has 0 fully saturated rings. The molecule has 1 N–H and O–H groups in total. The molecular weight excluding hydrogens is 266 g/mol. The third-order valence-electron chi connectivity index (χ3n) is 3.61. The maximum absolute atomic E-state index is 3.38. The Labute approximate surface area is 136 Å². The van der Waals surface area contributed by atoms with Gasteiger partial charge in [0.2, 0.25) is 0 Å². The van der Waals surface area contributed by atoms with Crippen LogP contribution in [0.1, 0.15) is 58.1 Å². The first-order valence-electron chi connectivity index (χ1n) is 8.48. The van der Waals surface area contributed by atoms with Crippen LogP contribution in [0.25, 0.3) is 11.1 Å². The highest BCUT2D eigenvalue weighted by atomic mass is 14.8. The van der Waals surface area contributed by atoms with Crippen LogP contribution < -0.4 is 5.32 Å². The summed E-state index contributed by atoms with van der Waals surface area (Å²) in [6.45, 7) is 11.0. The van der Waals surface area contributed by atoms with E-state index in [9.17, 15) is 0 Å². The first kappa shape index (κ1) is 18.3. The van der Waals surface area contributed by atoms with Crippen LogP contribution >= 0.6 is 0 Å². The van der Waals surface area contributed by atoms with Gasteiger partial charge in [0.25, 0.3) is 0 Å². The summed E-state index contributed by atoms with van der Waals surface area (Å²) in [6.07, 6.45) is 2.30. The van der Waals surface area contributed by atoms with E-state index in [0.29, 0.717) is 5.92 Å². The Kier molecular flexibility index (Phi) is 7.73. The lowest BCUT2D eigenvalue weighted by molar-refractivity contribution is 0.865. The molecule has 2 rings (SSSR count). The van der Waals surface area contributed by atoms with Crippen molar-refractivity contribution in [1.29, 1.82) is 0 Å². The third-order valence-corrected chi connectivity index (χ3v) is 3.61. The Bertz CT molecular complexity index is 556. The zero-order valence-corrected chi connectivity index (χ0v) is 15.0. The minimum Gasteiger partial charge on any atom is -0.388 e. The quantitative estimate of drug-likeness (QED) is 0.679. The minimum atomic E-state index is 0.524. The molecule has 0 radical (unpaired) electrons. The molecule has 22 heavy (non-hydrogen) atoms. The summed E-state index contributed by atoms with van der Waals surface area (Å²) in [5.74, 6) is 0.524. The van der Waals surface area contributed by atoms with Crippen LogP contribution in [0.15, 0.2) is 42.5 Å². The number of anilines is 1. The lowest BCUT2D eigenvalue weighted by Gasteiger charge is -2.19. The third kappa shape index (κ3) is 4.62. The Balaban J connectivity index is 0.000000745. The molecule has 2 aromatic rings. The van der Waals surface area contributed by atoms with E-state index < -0.39 is 0 Å². The largest absolute Gasteiger partial charge is 0.388 e. The van der Waals surface area contributed by atoms with E-state index >= 15 is 0 Å². The molecule has 0 aliphatic heterocycles. The summed E-state index contributed by atoms with van der Waals surface area (Å²) in [6, 6.07) is 15.3. The van der Waals surface area contributed by atoms with E-state index in [1.807, 2.05) is 7.05 Å². The van der Waals surface area contributed by atoms with Crippen LogP contribution in [0.5, 0.6) is 0 Å². The van der Waals surface area contributed by atoms with Crippen LogP contribution in [0.2, 0.25) is 0 Å². The zero-order chi connectivity index (χ0) is 16.5. The van der Waals surface area contributed by atoms with Crippen LogP contribution in [-0.4, -0.2) is 7.05 Å². The molecule has 0 unspecified atom stereocenters. The average molecular weight is 297 g/mol. The van der Waals surface area contributed by atoms with Gasteiger partial charge in [-0.3, -0.25) is 0 Å². The Hall–Kier alpha value is -1.76. The second-order valence-electron chi connectivity index (χ2n) is 5.93. The normalized spacial score (nSPS) is 10.1. The lowest BCUT2D eigenvalue weighted by Crippen LogP contribution is -2.02. The number of hydrogen-bond acceptors (Lipinski definition) is 1. The van der Waals surface area contributed by atoms with Gasteiger partial charge in [-0.15, -0.1) is 0 Å². The Morgan fingerprint density at radius 1 is 0.909 bits per heavy atom. The summed E-state index contributed by atoms with van der Waals surface area (Å²) >= 11 is 0. The van der Waals surface area contributed by atoms with Gasteiger partial charge in [-0.1, -0.05) is 71.4 Å². The topological polar surface area (TPSA) is 12.0 Å². The number of nitrogens with one attached hydrogen (secondary N) is 1. The van der Waals surface area contributed by atoms with Crippen molar-refractivity contribution in [2.24, 2.45) is 0 Å². The molecule has 0 spiro atoms. The van der Waals surface area contributed by atoms with Crippen molar-refractivity contribution in [3.63, 3.8) is 0 Å².